The second-order valence-corrected chi connectivity index (χ2v) is 5.08. The normalized spacial score (nSPS) is 12.3. The van der Waals surface area contributed by atoms with Crippen molar-refractivity contribution in [3.8, 4) is 5.75 Å². The minimum absolute atomic E-state index is 0.216. The van der Waals surface area contributed by atoms with Crippen molar-refractivity contribution >= 4 is 0 Å². The molecule has 0 amide bonds. The molecule has 114 valence electrons. The van der Waals surface area contributed by atoms with Gasteiger partial charge in [0.25, 0.3) is 0 Å². The Kier molecular flexibility index (Phi) is 5.81. The smallest absolute Gasteiger partial charge is 0.123 e. The molecule has 0 bridgehead atoms. The minimum Gasteiger partial charge on any atom is -0.496 e. The fourth-order valence-electron chi connectivity index (χ4n) is 2.57. The van der Waals surface area contributed by atoms with E-state index in [0.29, 0.717) is 0 Å². The first-order valence-electron chi connectivity index (χ1n) is 7.66. The molecule has 4 nitrogen and oxygen atoms in total. The highest BCUT2D eigenvalue weighted by molar-refractivity contribution is 5.36. The van der Waals surface area contributed by atoms with Crippen molar-refractivity contribution in [2.75, 3.05) is 13.7 Å². The second-order valence-electron chi connectivity index (χ2n) is 5.08. The van der Waals surface area contributed by atoms with Gasteiger partial charge in [-0.1, -0.05) is 25.1 Å². The van der Waals surface area contributed by atoms with Gasteiger partial charge in [0.2, 0.25) is 0 Å². The van der Waals surface area contributed by atoms with Crippen LogP contribution in [-0.4, -0.2) is 23.2 Å². The first-order chi connectivity index (χ1) is 10.3. The number of aryl methyl sites for hydroxylation is 1. The van der Waals surface area contributed by atoms with Crippen LogP contribution in [-0.2, 0) is 13.0 Å². The van der Waals surface area contributed by atoms with Gasteiger partial charge in [0.05, 0.1) is 7.11 Å². The summed E-state index contributed by atoms with van der Waals surface area (Å²) in [6, 6.07) is 8.43. The van der Waals surface area contributed by atoms with E-state index in [1.54, 1.807) is 7.11 Å². The van der Waals surface area contributed by atoms with Crippen LogP contribution in [0, 0.1) is 0 Å². The molecule has 1 unspecified atom stereocenters. The minimum atomic E-state index is 0.216. The third-order valence-corrected chi connectivity index (χ3v) is 3.68. The van der Waals surface area contributed by atoms with Crippen molar-refractivity contribution in [3.05, 3.63) is 48.0 Å². The lowest BCUT2D eigenvalue weighted by atomic mass is 10.0. The highest BCUT2D eigenvalue weighted by Gasteiger charge is 2.17. The van der Waals surface area contributed by atoms with Crippen LogP contribution in [0.15, 0.2) is 36.7 Å². The van der Waals surface area contributed by atoms with E-state index in [4.69, 9.17) is 4.74 Å². The van der Waals surface area contributed by atoms with E-state index in [9.17, 15) is 0 Å². The molecular weight excluding hydrogens is 262 g/mol. The number of hydrogen-bond donors (Lipinski definition) is 1. The number of hydrogen-bond acceptors (Lipinski definition) is 3. The molecule has 2 aromatic rings. The van der Waals surface area contributed by atoms with E-state index in [-0.39, 0.29) is 6.04 Å². The van der Waals surface area contributed by atoms with Crippen molar-refractivity contribution in [3.63, 3.8) is 0 Å². The first kappa shape index (κ1) is 15.6. The van der Waals surface area contributed by atoms with Gasteiger partial charge in [-0.15, -0.1) is 0 Å². The summed E-state index contributed by atoms with van der Waals surface area (Å²) < 4.78 is 7.71. The SMILES string of the molecule is CCCNC(Cc1nccn1CC)c1ccccc1OC. The van der Waals surface area contributed by atoms with Crippen molar-refractivity contribution < 1.29 is 4.74 Å². The molecule has 0 saturated heterocycles. The molecule has 0 aliphatic rings. The molecular formula is C17H25N3O. The van der Waals surface area contributed by atoms with Gasteiger partial charge in [-0.25, -0.2) is 4.98 Å². The largest absolute Gasteiger partial charge is 0.496 e. The number of ether oxygens (including phenoxy) is 1. The number of nitrogens with zero attached hydrogens (tertiary/aromatic N) is 2. The second kappa shape index (κ2) is 7.84. The number of aromatic nitrogens is 2. The molecule has 0 aliphatic heterocycles. The topological polar surface area (TPSA) is 39.1 Å². The molecule has 0 spiro atoms. The number of imidazole rings is 1. The van der Waals surface area contributed by atoms with Crippen molar-refractivity contribution in [1.82, 2.24) is 14.9 Å². The maximum Gasteiger partial charge on any atom is 0.123 e. The van der Waals surface area contributed by atoms with Gasteiger partial charge in [0.1, 0.15) is 11.6 Å². The Labute approximate surface area is 127 Å². The Bertz CT molecular complexity index is 550. The number of para-hydroxylation sites is 1. The number of nitrogens with one attached hydrogen (secondary N) is 1. The van der Waals surface area contributed by atoms with Crippen LogP contribution in [0.2, 0.25) is 0 Å². The number of methoxy groups -OCH3 is 1. The molecule has 21 heavy (non-hydrogen) atoms. The maximum absolute atomic E-state index is 5.51. The van der Waals surface area contributed by atoms with Gasteiger partial charge < -0.3 is 14.6 Å². The number of benzene rings is 1. The van der Waals surface area contributed by atoms with Crippen molar-refractivity contribution in [1.29, 1.82) is 0 Å². The monoisotopic (exact) mass is 287 g/mol. The summed E-state index contributed by atoms with van der Waals surface area (Å²) in [7, 11) is 1.72. The molecule has 0 fully saturated rings. The molecule has 0 radical (unpaired) electrons. The summed E-state index contributed by atoms with van der Waals surface area (Å²) in [6.07, 6.45) is 5.88. The third-order valence-electron chi connectivity index (χ3n) is 3.68. The predicted molar refractivity (Wildman–Crippen MR) is 85.6 cm³/mol. The average Bonchev–Trinajstić information content (AvgIpc) is 2.98. The summed E-state index contributed by atoms with van der Waals surface area (Å²) in [5.74, 6) is 2.04. The zero-order valence-electron chi connectivity index (χ0n) is 13.2. The van der Waals surface area contributed by atoms with Crippen LogP contribution >= 0.6 is 0 Å². The highest BCUT2D eigenvalue weighted by atomic mass is 16.5. The molecule has 4 heteroatoms. The van der Waals surface area contributed by atoms with Gasteiger partial charge in [-0.05, 0) is 26.0 Å². The summed E-state index contributed by atoms with van der Waals surface area (Å²) >= 11 is 0. The van der Waals surface area contributed by atoms with Gasteiger partial charge in [0.15, 0.2) is 0 Å². The zero-order chi connectivity index (χ0) is 15.1. The van der Waals surface area contributed by atoms with E-state index in [1.807, 2.05) is 24.5 Å². The Hall–Kier alpha value is -1.81. The van der Waals surface area contributed by atoms with E-state index in [0.717, 1.165) is 37.5 Å². The Morgan fingerprint density at radius 3 is 2.81 bits per heavy atom. The van der Waals surface area contributed by atoms with Crippen molar-refractivity contribution in [2.45, 2.75) is 39.3 Å². The average molecular weight is 287 g/mol. The van der Waals surface area contributed by atoms with Crippen LogP contribution < -0.4 is 10.1 Å². The van der Waals surface area contributed by atoms with Crippen LogP contribution in [0.25, 0.3) is 0 Å². The first-order valence-corrected chi connectivity index (χ1v) is 7.66. The molecule has 1 aromatic carbocycles. The van der Waals surface area contributed by atoms with Gasteiger partial charge in [-0.2, -0.15) is 0 Å². The quantitative estimate of drug-likeness (QED) is 0.810. The Morgan fingerprint density at radius 2 is 2.10 bits per heavy atom. The third kappa shape index (κ3) is 3.85. The van der Waals surface area contributed by atoms with Gasteiger partial charge >= 0.3 is 0 Å². The van der Waals surface area contributed by atoms with Crippen molar-refractivity contribution in [2.24, 2.45) is 0 Å². The molecule has 0 aliphatic carbocycles. The van der Waals surface area contributed by atoms with Crippen LogP contribution in [0.5, 0.6) is 5.75 Å². The Balaban J connectivity index is 2.25. The van der Waals surface area contributed by atoms with E-state index in [1.165, 1.54) is 5.56 Å². The molecule has 1 N–H and O–H groups in total. The molecule has 0 saturated carbocycles. The molecule has 1 aromatic heterocycles. The summed E-state index contributed by atoms with van der Waals surface area (Å²) in [6.45, 7) is 6.25. The number of rotatable bonds is 8. The lowest BCUT2D eigenvalue weighted by Crippen LogP contribution is -2.25. The standard InChI is InChI=1S/C17H25N3O/c1-4-10-18-15(13-17-19-11-12-20(17)5-2)14-8-6-7-9-16(14)21-3/h6-9,11-12,15,18H,4-5,10,13H2,1-3H3. The lowest BCUT2D eigenvalue weighted by molar-refractivity contribution is 0.396. The lowest BCUT2D eigenvalue weighted by Gasteiger charge is -2.21. The Morgan fingerprint density at radius 1 is 1.29 bits per heavy atom. The fourth-order valence-corrected chi connectivity index (χ4v) is 2.57. The van der Waals surface area contributed by atoms with E-state index in [2.05, 4.69) is 40.8 Å². The molecule has 1 atom stereocenters. The predicted octanol–water partition coefficient (Wildman–Crippen LogP) is 3.20. The maximum atomic E-state index is 5.51. The summed E-state index contributed by atoms with van der Waals surface area (Å²) in [5, 5.41) is 3.62. The molecule has 1 heterocycles. The van der Waals surface area contributed by atoms with Crippen LogP contribution in [0.1, 0.15) is 37.7 Å². The summed E-state index contributed by atoms with van der Waals surface area (Å²) in [4.78, 5) is 4.50. The van der Waals surface area contributed by atoms with Crippen LogP contribution in [0.3, 0.4) is 0 Å². The fraction of sp³-hybridized carbons (Fsp3) is 0.471. The highest BCUT2D eigenvalue weighted by Crippen LogP contribution is 2.27. The van der Waals surface area contributed by atoms with Gasteiger partial charge in [0, 0.05) is 37.0 Å². The van der Waals surface area contributed by atoms with Gasteiger partial charge in [-0.3, -0.25) is 0 Å². The van der Waals surface area contributed by atoms with E-state index < -0.39 is 0 Å². The molecule has 2 rings (SSSR count). The summed E-state index contributed by atoms with van der Waals surface area (Å²) in [5.41, 5.74) is 1.19. The zero-order valence-corrected chi connectivity index (χ0v) is 13.2. The van der Waals surface area contributed by atoms with Crippen LogP contribution in [0.4, 0.5) is 0 Å². The van der Waals surface area contributed by atoms with E-state index >= 15 is 0 Å².